The van der Waals surface area contributed by atoms with Crippen LogP contribution in [-0.2, 0) is 12.7 Å². The summed E-state index contributed by atoms with van der Waals surface area (Å²) < 4.78 is 49.2. The second-order valence-corrected chi connectivity index (χ2v) is 8.01. The maximum absolute atomic E-state index is 12.8. The summed E-state index contributed by atoms with van der Waals surface area (Å²) in [6, 6.07) is 11.9. The molecule has 1 aliphatic rings. The van der Waals surface area contributed by atoms with Crippen LogP contribution in [-0.4, -0.2) is 27.8 Å². The number of rotatable bonds is 4. The summed E-state index contributed by atoms with van der Waals surface area (Å²) in [5.41, 5.74) is 2.02. The van der Waals surface area contributed by atoms with Crippen molar-refractivity contribution in [3.63, 3.8) is 0 Å². The average Bonchev–Trinajstić information content (AvgIpc) is 3.24. The number of hydrogen-bond acceptors (Lipinski definition) is 6. The molecule has 0 spiro atoms. The summed E-state index contributed by atoms with van der Waals surface area (Å²) in [7, 11) is 0. The van der Waals surface area contributed by atoms with Crippen molar-refractivity contribution in [1.82, 2.24) is 15.3 Å². The Kier molecular flexibility index (Phi) is 7.01. The number of benzene rings is 2. The highest BCUT2D eigenvalue weighted by Crippen LogP contribution is 2.32. The van der Waals surface area contributed by atoms with Crippen molar-refractivity contribution in [1.29, 1.82) is 0 Å². The molecule has 3 aromatic rings. The lowest BCUT2D eigenvalue weighted by Crippen LogP contribution is -2.39. The van der Waals surface area contributed by atoms with E-state index in [4.69, 9.17) is 21.7 Å². The zero-order valence-corrected chi connectivity index (χ0v) is 19.5. The Hall–Kier alpha value is -3.93. The third-order valence-electron chi connectivity index (χ3n) is 4.77. The van der Waals surface area contributed by atoms with Crippen LogP contribution >= 0.6 is 12.2 Å². The van der Waals surface area contributed by atoms with Gasteiger partial charge in [-0.2, -0.15) is 13.2 Å². The largest absolute Gasteiger partial charge is 0.454 e. The second kappa shape index (κ2) is 10.1. The van der Waals surface area contributed by atoms with Gasteiger partial charge in [0.05, 0.1) is 12.1 Å². The maximum atomic E-state index is 12.8. The number of ether oxygens (including phenoxy) is 2. The van der Waals surface area contributed by atoms with Gasteiger partial charge in [-0.15, -0.1) is 0 Å². The van der Waals surface area contributed by atoms with Crippen molar-refractivity contribution in [2.45, 2.75) is 26.6 Å². The minimum Gasteiger partial charge on any atom is -0.454 e. The van der Waals surface area contributed by atoms with E-state index in [9.17, 15) is 13.2 Å². The number of hydrogen-bond donors (Lipinski definition) is 3. The molecule has 0 saturated heterocycles. The first-order valence-electron chi connectivity index (χ1n) is 10.4. The third kappa shape index (κ3) is 6.57. The van der Waals surface area contributed by atoms with Gasteiger partial charge in [0, 0.05) is 17.1 Å². The van der Waals surface area contributed by atoms with Crippen LogP contribution < -0.4 is 25.4 Å². The number of nitrogens with one attached hydrogen (secondary N) is 3. The Bertz CT molecular complexity index is 1240. The molecule has 0 radical (unpaired) electrons. The van der Waals surface area contributed by atoms with Crippen LogP contribution in [0.3, 0.4) is 0 Å². The summed E-state index contributed by atoms with van der Waals surface area (Å²) in [5.74, 6) is 1.87. The first-order valence-corrected chi connectivity index (χ1v) is 10.8. The number of alkyl halides is 3. The quantitative estimate of drug-likeness (QED) is 0.266. The maximum Gasteiger partial charge on any atom is 0.416 e. The zero-order valence-electron chi connectivity index (χ0n) is 18.7. The Morgan fingerprint density at radius 1 is 0.971 bits per heavy atom. The van der Waals surface area contributed by atoms with Crippen molar-refractivity contribution in [2.75, 3.05) is 17.4 Å². The molecular weight excluding hydrogens is 481 g/mol. The molecule has 0 atom stereocenters. The number of aryl methyl sites for hydroxylation is 2. The smallest absolute Gasteiger partial charge is 0.416 e. The van der Waals surface area contributed by atoms with Crippen LogP contribution in [0.15, 0.2) is 53.5 Å². The summed E-state index contributed by atoms with van der Waals surface area (Å²) in [6.07, 6.45) is -4.41. The number of halogens is 3. The van der Waals surface area contributed by atoms with E-state index >= 15 is 0 Å². The third-order valence-corrected chi connectivity index (χ3v) is 4.98. The van der Waals surface area contributed by atoms with Gasteiger partial charge in [0.25, 0.3) is 0 Å². The number of thiocarbonyl (C=S) groups is 1. The molecule has 2 aromatic carbocycles. The Balaban J connectivity index is 1.50. The number of nitrogens with zero attached hydrogens (tertiary/aromatic N) is 3. The van der Waals surface area contributed by atoms with E-state index in [1.165, 1.54) is 12.1 Å². The molecule has 2 heterocycles. The van der Waals surface area contributed by atoms with E-state index in [2.05, 4.69) is 30.9 Å². The summed E-state index contributed by atoms with van der Waals surface area (Å²) in [5, 5.41) is 8.90. The molecule has 12 heteroatoms. The first-order chi connectivity index (χ1) is 16.7. The van der Waals surface area contributed by atoms with Gasteiger partial charge in [0.1, 0.15) is 0 Å². The summed E-state index contributed by atoms with van der Waals surface area (Å²) in [6.45, 7) is 4.12. The van der Waals surface area contributed by atoms with Crippen LogP contribution in [0.2, 0.25) is 0 Å². The standard InChI is InChI=1S/C23H21F3N6O2S/c1-13-9-14(2)29-21(28-13)31-20(27-11-15-3-8-18-19(10-15)34-12-33-18)32-22(35)30-17-6-4-16(5-7-17)23(24,25)26/h3-10H,11-12H2,1-2H3,(H3,27,28,29,30,31,32,35). The van der Waals surface area contributed by atoms with Gasteiger partial charge in [-0.05, 0) is 74.1 Å². The number of aliphatic imine (C=N–C) groups is 1. The number of anilines is 2. The topological polar surface area (TPSA) is 92.7 Å². The van der Waals surface area contributed by atoms with Crippen LogP contribution in [0.5, 0.6) is 11.5 Å². The summed E-state index contributed by atoms with van der Waals surface area (Å²) >= 11 is 5.34. The molecule has 4 rings (SSSR count). The lowest BCUT2D eigenvalue weighted by molar-refractivity contribution is -0.137. The molecule has 1 aromatic heterocycles. The molecule has 1 aliphatic heterocycles. The lowest BCUT2D eigenvalue weighted by atomic mass is 10.2. The molecule has 3 N–H and O–H groups in total. The zero-order chi connectivity index (χ0) is 25.0. The highest BCUT2D eigenvalue weighted by atomic mass is 32.1. The minimum atomic E-state index is -4.41. The number of fused-ring (bicyclic) bond motifs is 1. The highest BCUT2D eigenvalue weighted by Gasteiger charge is 2.30. The monoisotopic (exact) mass is 502 g/mol. The van der Waals surface area contributed by atoms with E-state index in [0.717, 1.165) is 29.1 Å². The fraction of sp³-hybridized carbons (Fsp3) is 0.217. The Morgan fingerprint density at radius 3 is 2.34 bits per heavy atom. The normalized spacial score (nSPS) is 12.9. The van der Waals surface area contributed by atoms with E-state index in [1.54, 1.807) is 6.07 Å². The fourth-order valence-corrected chi connectivity index (χ4v) is 3.43. The van der Waals surface area contributed by atoms with Gasteiger partial charge in [-0.3, -0.25) is 5.32 Å². The molecular formula is C23H21F3N6O2S. The van der Waals surface area contributed by atoms with E-state index in [1.807, 2.05) is 32.0 Å². The van der Waals surface area contributed by atoms with Crippen molar-refractivity contribution >= 4 is 34.9 Å². The van der Waals surface area contributed by atoms with Crippen molar-refractivity contribution < 1.29 is 22.6 Å². The van der Waals surface area contributed by atoms with Gasteiger partial charge in [-0.1, -0.05) is 6.07 Å². The van der Waals surface area contributed by atoms with Crippen molar-refractivity contribution in [3.8, 4) is 11.5 Å². The molecule has 35 heavy (non-hydrogen) atoms. The van der Waals surface area contributed by atoms with E-state index in [-0.39, 0.29) is 24.4 Å². The predicted molar refractivity (Wildman–Crippen MR) is 130 cm³/mol. The Morgan fingerprint density at radius 2 is 1.66 bits per heavy atom. The molecule has 0 saturated carbocycles. The number of guanidine groups is 1. The molecule has 0 aliphatic carbocycles. The SMILES string of the molecule is Cc1cc(C)nc(NC(=NCc2ccc3c(c2)OCO3)NC(=S)Nc2ccc(C(F)(F)F)cc2)n1. The molecule has 0 fully saturated rings. The first kappa shape index (κ1) is 24.2. The van der Waals surface area contributed by atoms with Gasteiger partial charge < -0.3 is 20.1 Å². The van der Waals surface area contributed by atoms with Gasteiger partial charge >= 0.3 is 6.18 Å². The van der Waals surface area contributed by atoms with E-state index in [0.29, 0.717) is 23.1 Å². The van der Waals surface area contributed by atoms with Crippen LogP contribution in [0, 0.1) is 13.8 Å². The minimum absolute atomic E-state index is 0.117. The molecule has 0 unspecified atom stereocenters. The summed E-state index contributed by atoms with van der Waals surface area (Å²) in [4.78, 5) is 13.2. The predicted octanol–water partition coefficient (Wildman–Crippen LogP) is 4.80. The van der Waals surface area contributed by atoms with E-state index < -0.39 is 11.7 Å². The van der Waals surface area contributed by atoms with Crippen molar-refractivity contribution in [3.05, 3.63) is 71.0 Å². The number of aromatic nitrogens is 2. The van der Waals surface area contributed by atoms with Crippen molar-refractivity contribution in [2.24, 2.45) is 4.99 Å². The molecule has 0 amide bonds. The van der Waals surface area contributed by atoms with Crippen LogP contribution in [0.4, 0.5) is 24.8 Å². The Labute approximate surface area is 204 Å². The van der Waals surface area contributed by atoms with Gasteiger partial charge in [0.15, 0.2) is 16.6 Å². The average molecular weight is 503 g/mol. The van der Waals surface area contributed by atoms with Gasteiger partial charge in [-0.25, -0.2) is 15.0 Å². The second-order valence-electron chi connectivity index (χ2n) is 7.61. The molecule has 182 valence electrons. The lowest BCUT2D eigenvalue weighted by Gasteiger charge is -2.15. The molecule has 0 bridgehead atoms. The van der Waals surface area contributed by atoms with Crippen LogP contribution in [0.1, 0.15) is 22.5 Å². The van der Waals surface area contributed by atoms with Gasteiger partial charge in [0.2, 0.25) is 18.7 Å². The molecule has 8 nitrogen and oxygen atoms in total. The van der Waals surface area contributed by atoms with Crippen LogP contribution in [0.25, 0.3) is 0 Å². The fourth-order valence-electron chi connectivity index (χ4n) is 3.22. The highest BCUT2D eigenvalue weighted by molar-refractivity contribution is 7.80.